The summed E-state index contributed by atoms with van der Waals surface area (Å²) in [5.41, 5.74) is 2.25. The van der Waals surface area contributed by atoms with Gasteiger partial charge in [0.05, 0.1) is 19.3 Å². The summed E-state index contributed by atoms with van der Waals surface area (Å²) in [4.78, 5) is 20.6. The number of ether oxygens (including phenoxy) is 1. The smallest absolute Gasteiger partial charge is 0.293 e. The van der Waals surface area contributed by atoms with Gasteiger partial charge in [0.1, 0.15) is 23.4 Å². The molecule has 1 saturated heterocycles. The Morgan fingerprint density at radius 1 is 0.906 bits per heavy atom. The van der Waals surface area contributed by atoms with Crippen molar-refractivity contribution >= 4 is 17.0 Å². The summed E-state index contributed by atoms with van der Waals surface area (Å²) in [6.45, 7) is 3.27. The molecule has 164 valence electrons. The zero-order valence-corrected chi connectivity index (χ0v) is 18.1. The van der Waals surface area contributed by atoms with Crippen LogP contribution in [0.15, 0.2) is 71.7 Å². The van der Waals surface area contributed by atoms with Gasteiger partial charge in [-0.15, -0.1) is 0 Å². The number of anilines is 1. The van der Waals surface area contributed by atoms with Crippen LogP contribution in [0.2, 0.25) is 0 Å². The number of fused-ring (bicyclic) bond motifs is 1. The van der Waals surface area contributed by atoms with Crippen molar-refractivity contribution < 1.29 is 4.74 Å². The van der Waals surface area contributed by atoms with Gasteiger partial charge in [-0.05, 0) is 37.0 Å². The van der Waals surface area contributed by atoms with Crippen LogP contribution in [0.4, 0.5) is 5.95 Å². The number of nitrogens with zero attached hydrogens (tertiary/aromatic N) is 5. The van der Waals surface area contributed by atoms with Crippen LogP contribution >= 0.6 is 0 Å². The van der Waals surface area contributed by atoms with Gasteiger partial charge in [0.25, 0.3) is 5.56 Å². The predicted molar refractivity (Wildman–Crippen MR) is 125 cm³/mol. The van der Waals surface area contributed by atoms with Crippen LogP contribution in [-0.4, -0.2) is 39.0 Å². The van der Waals surface area contributed by atoms with E-state index in [4.69, 9.17) is 9.72 Å². The van der Waals surface area contributed by atoms with Gasteiger partial charge in [-0.3, -0.25) is 4.79 Å². The summed E-state index contributed by atoms with van der Waals surface area (Å²) in [5, 5.41) is 4.37. The van der Waals surface area contributed by atoms with Crippen LogP contribution in [0.3, 0.4) is 0 Å². The van der Waals surface area contributed by atoms with Gasteiger partial charge in [-0.2, -0.15) is 5.10 Å². The third-order valence-electron chi connectivity index (χ3n) is 5.87. The molecule has 0 atom stereocenters. The van der Waals surface area contributed by atoms with Gasteiger partial charge in [-0.25, -0.2) is 9.67 Å². The SMILES string of the molecule is O=c1c2c(cnn1CCOc1ccccc1)nc(N1CCCCC1)n2Cc1ccccc1. The lowest BCUT2D eigenvalue weighted by molar-refractivity contribution is 0.288. The van der Waals surface area contributed by atoms with Crippen molar-refractivity contribution in [1.82, 2.24) is 19.3 Å². The van der Waals surface area contributed by atoms with E-state index in [9.17, 15) is 4.79 Å². The topological polar surface area (TPSA) is 65.2 Å². The monoisotopic (exact) mass is 429 g/mol. The molecule has 7 heteroatoms. The van der Waals surface area contributed by atoms with Crippen LogP contribution in [0, 0.1) is 0 Å². The van der Waals surface area contributed by atoms with E-state index in [0.717, 1.165) is 43.2 Å². The van der Waals surface area contributed by atoms with E-state index in [1.807, 2.05) is 48.5 Å². The van der Waals surface area contributed by atoms with Crippen LogP contribution < -0.4 is 15.2 Å². The van der Waals surface area contributed by atoms with Gasteiger partial charge in [-0.1, -0.05) is 48.5 Å². The molecule has 0 saturated carbocycles. The highest BCUT2D eigenvalue weighted by Gasteiger charge is 2.22. The zero-order valence-electron chi connectivity index (χ0n) is 18.1. The predicted octanol–water partition coefficient (Wildman–Crippen LogP) is 3.71. The minimum Gasteiger partial charge on any atom is -0.492 e. The van der Waals surface area contributed by atoms with Crippen molar-refractivity contribution in [3.8, 4) is 5.75 Å². The fourth-order valence-electron chi connectivity index (χ4n) is 4.25. The van der Waals surface area contributed by atoms with Crippen LogP contribution in [0.5, 0.6) is 5.75 Å². The minimum atomic E-state index is -0.133. The molecule has 4 aromatic rings. The average molecular weight is 430 g/mol. The zero-order chi connectivity index (χ0) is 21.8. The molecule has 7 nitrogen and oxygen atoms in total. The Labute approximate surface area is 186 Å². The van der Waals surface area contributed by atoms with Crippen molar-refractivity contribution in [1.29, 1.82) is 0 Å². The third kappa shape index (κ3) is 4.23. The number of para-hydroxylation sites is 1. The van der Waals surface area contributed by atoms with Crippen molar-refractivity contribution in [2.24, 2.45) is 0 Å². The summed E-state index contributed by atoms with van der Waals surface area (Å²) in [6.07, 6.45) is 5.24. The van der Waals surface area contributed by atoms with E-state index in [-0.39, 0.29) is 5.56 Å². The Morgan fingerprint density at radius 3 is 2.38 bits per heavy atom. The second-order valence-electron chi connectivity index (χ2n) is 8.10. The molecular formula is C25H27N5O2. The summed E-state index contributed by atoms with van der Waals surface area (Å²) in [5.74, 6) is 1.64. The Morgan fingerprint density at radius 2 is 1.62 bits per heavy atom. The second-order valence-corrected chi connectivity index (χ2v) is 8.10. The number of hydrogen-bond donors (Lipinski definition) is 0. The number of benzene rings is 2. The highest BCUT2D eigenvalue weighted by Crippen LogP contribution is 2.24. The fourth-order valence-corrected chi connectivity index (χ4v) is 4.25. The Balaban J connectivity index is 1.49. The molecule has 0 spiro atoms. The van der Waals surface area contributed by atoms with Gasteiger partial charge in [0.2, 0.25) is 5.95 Å². The van der Waals surface area contributed by atoms with Crippen molar-refractivity contribution in [3.05, 3.63) is 82.8 Å². The molecule has 32 heavy (non-hydrogen) atoms. The Bertz CT molecular complexity index is 1230. The van der Waals surface area contributed by atoms with Crippen molar-refractivity contribution in [2.75, 3.05) is 24.6 Å². The Hall–Kier alpha value is -3.61. The highest BCUT2D eigenvalue weighted by atomic mass is 16.5. The number of hydrogen-bond acceptors (Lipinski definition) is 5. The lowest BCUT2D eigenvalue weighted by Gasteiger charge is -2.28. The number of imidazole rings is 1. The maximum absolute atomic E-state index is 13.4. The molecule has 0 radical (unpaired) electrons. The van der Waals surface area contributed by atoms with Gasteiger partial charge in [0.15, 0.2) is 0 Å². The van der Waals surface area contributed by atoms with E-state index in [1.165, 1.54) is 11.1 Å². The molecule has 1 aliphatic heterocycles. The standard InChI is InChI=1S/C25H27N5O2/c31-24-23-22(18-26-30(24)16-17-32-21-12-6-2-7-13-21)27-25(28-14-8-3-9-15-28)29(23)19-20-10-4-1-5-11-20/h1-2,4-7,10-13,18H,3,8-9,14-17,19H2. The normalized spacial score (nSPS) is 14.1. The number of aromatic nitrogens is 4. The maximum Gasteiger partial charge on any atom is 0.293 e. The average Bonchev–Trinajstić information content (AvgIpc) is 3.21. The number of rotatable bonds is 7. The van der Waals surface area contributed by atoms with Crippen molar-refractivity contribution in [3.63, 3.8) is 0 Å². The van der Waals surface area contributed by atoms with Gasteiger partial charge in [0, 0.05) is 13.1 Å². The molecule has 0 aliphatic carbocycles. The van der Waals surface area contributed by atoms with E-state index in [0.29, 0.717) is 30.7 Å². The van der Waals surface area contributed by atoms with E-state index >= 15 is 0 Å². The molecule has 2 aromatic heterocycles. The molecule has 2 aromatic carbocycles. The molecule has 1 fully saturated rings. The molecule has 3 heterocycles. The van der Waals surface area contributed by atoms with Crippen LogP contribution in [0.25, 0.3) is 11.0 Å². The second kappa shape index (κ2) is 9.26. The van der Waals surface area contributed by atoms with Crippen LogP contribution in [-0.2, 0) is 13.1 Å². The van der Waals surface area contributed by atoms with E-state index < -0.39 is 0 Å². The lowest BCUT2D eigenvalue weighted by Crippen LogP contribution is -2.32. The molecule has 0 bridgehead atoms. The van der Waals surface area contributed by atoms with E-state index in [1.54, 1.807) is 6.20 Å². The largest absolute Gasteiger partial charge is 0.492 e. The fraction of sp³-hybridized carbons (Fsp3) is 0.320. The van der Waals surface area contributed by atoms with Crippen LogP contribution in [0.1, 0.15) is 24.8 Å². The quantitative estimate of drug-likeness (QED) is 0.448. The van der Waals surface area contributed by atoms with Gasteiger partial charge < -0.3 is 14.2 Å². The van der Waals surface area contributed by atoms with Crippen molar-refractivity contribution in [2.45, 2.75) is 32.4 Å². The first-order valence-electron chi connectivity index (χ1n) is 11.2. The highest BCUT2D eigenvalue weighted by molar-refractivity contribution is 5.77. The van der Waals surface area contributed by atoms with Gasteiger partial charge >= 0.3 is 0 Å². The summed E-state index contributed by atoms with van der Waals surface area (Å²) in [7, 11) is 0. The van der Waals surface area contributed by atoms with E-state index in [2.05, 4.69) is 26.7 Å². The molecule has 0 unspecified atom stereocenters. The Kier molecular flexibility index (Phi) is 5.87. The first kappa shape index (κ1) is 20.3. The summed E-state index contributed by atoms with van der Waals surface area (Å²) >= 11 is 0. The molecule has 1 aliphatic rings. The molecular weight excluding hydrogens is 402 g/mol. The minimum absolute atomic E-state index is 0.133. The maximum atomic E-state index is 13.4. The molecule has 0 amide bonds. The summed E-state index contributed by atoms with van der Waals surface area (Å²) < 4.78 is 9.32. The number of piperidine rings is 1. The summed E-state index contributed by atoms with van der Waals surface area (Å²) in [6, 6.07) is 19.8. The lowest BCUT2D eigenvalue weighted by atomic mass is 10.1. The first-order valence-corrected chi connectivity index (χ1v) is 11.2. The molecule has 5 rings (SSSR count). The third-order valence-corrected chi connectivity index (χ3v) is 5.87. The first-order chi connectivity index (χ1) is 15.8. The molecule has 0 N–H and O–H groups in total.